The maximum atomic E-state index is 5.69. The summed E-state index contributed by atoms with van der Waals surface area (Å²) in [6.07, 6.45) is 9.50. The first kappa shape index (κ1) is 15.7. The van der Waals surface area contributed by atoms with Crippen LogP contribution in [-0.2, 0) is 0 Å². The molecular formula is C13H28N2S2. The number of hydrogen-bond acceptors (Lipinski definition) is 4. The summed E-state index contributed by atoms with van der Waals surface area (Å²) in [5.74, 6) is 9.58. The molecule has 0 radical (unpaired) electrons. The normalized spacial score (nSPS) is 22.6. The van der Waals surface area contributed by atoms with Crippen molar-refractivity contribution in [3.8, 4) is 0 Å². The molecule has 0 aliphatic carbocycles. The lowest BCUT2D eigenvalue weighted by Gasteiger charge is -2.29. The van der Waals surface area contributed by atoms with E-state index in [0.717, 1.165) is 5.25 Å². The van der Waals surface area contributed by atoms with Gasteiger partial charge in [0.25, 0.3) is 0 Å². The second kappa shape index (κ2) is 10.5. The predicted octanol–water partition coefficient (Wildman–Crippen LogP) is 3.42. The van der Waals surface area contributed by atoms with E-state index in [1.165, 1.54) is 62.2 Å². The molecule has 1 aliphatic rings. The van der Waals surface area contributed by atoms with Crippen molar-refractivity contribution in [3.63, 3.8) is 0 Å². The van der Waals surface area contributed by atoms with Crippen LogP contribution in [0.15, 0.2) is 0 Å². The predicted molar refractivity (Wildman–Crippen MR) is 82.7 cm³/mol. The molecular weight excluding hydrogens is 248 g/mol. The molecule has 0 aromatic heterocycles. The Balaban J connectivity index is 2.05. The highest BCUT2D eigenvalue weighted by Gasteiger charge is 2.22. The van der Waals surface area contributed by atoms with Crippen molar-refractivity contribution in [3.05, 3.63) is 0 Å². The van der Waals surface area contributed by atoms with Crippen LogP contribution >= 0.6 is 23.5 Å². The zero-order valence-electron chi connectivity index (χ0n) is 11.1. The van der Waals surface area contributed by atoms with Crippen molar-refractivity contribution in [2.75, 3.05) is 17.3 Å². The van der Waals surface area contributed by atoms with Gasteiger partial charge in [-0.25, -0.2) is 0 Å². The zero-order chi connectivity index (χ0) is 12.3. The van der Waals surface area contributed by atoms with Crippen LogP contribution < -0.4 is 11.3 Å². The lowest BCUT2D eigenvalue weighted by molar-refractivity contribution is 0.460. The average molecular weight is 277 g/mol. The Morgan fingerprint density at radius 3 is 2.59 bits per heavy atom. The molecule has 0 spiro atoms. The summed E-state index contributed by atoms with van der Waals surface area (Å²) in [5.41, 5.74) is 3.04. The molecule has 1 saturated heterocycles. The topological polar surface area (TPSA) is 38.0 Å². The Morgan fingerprint density at radius 2 is 1.94 bits per heavy atom. The fraction of sp³-hybridized carbons (Fsp3) is 1.00. The van der Waals surface area contributed by atoms with Crippen molar-refractivity contribution in [2.45, 2.75) is 63.2 Å². The molecule has 1 fully saturated rings. The van der Waals surface area contributed by atoms with Gasteiger partial charge in [0.15, 0.2) is 0 Å². The summed E-state index contributed by atoms with van der Waals surface area (Å²) < 4.78 is 0. The van der Waals surface area contributed by atoms with Crippen molar-refractivity contribution < 1.29 is 0 Å². The maximum Gasteiger partial charge on any atom is 0.0337 e. The van der Waals surface area contributed by atoms with Gasteiger partial charge in [-0.05, 0) is 6.42 Å². The van der Waals surface area contributed by atoms with Gasteiger partial charge in [0.05, 0.1) is 0 Å². The third-order valence-electron chi connectivity index (χ3n) is 3.37. The second-order valence-electron chi connectivity index (χ2n) is 4.81. The Hall–Kier alpha value is 0.620. The number of hydrazine groups is 1. The van der Waals surface area contributed by atoms with Gasteiger partial charge in [-0.2, -0.15) is 23.5 Å². The zero-order valence-corrected chi connectivity index (χ0v) is 12.8. The third-order valence-corrected chi connectivity index (χ3v) is 6.29. The lowest BCUT2D eigenvalue weighted by Crippen LogP contribution is -2.44. The van der Waals surface area contributed by atoms with Gasteiger partial charge in [0.2, 0.25) is 0 Å². The molecule has 0 aromatic carbocycles. The van der Waals surface area contributed by atoms with Crippen LogP contribution in [0.2, 0.25) is 0 Å². The Bertz CT molecular complexity index is 173. The number of hydrogen-bond donors (Lipinski definition) is 2. The van der Waals surface area contributed by atoms with Crippen molar-refractivity contribution >= 4 is 23.5 Å². The van der Waals surface area contributed by atoms with E-state index in [0.29, 0.717) is 6.04 Å². The minimum atomic E-state index is 0.527. The van der Waals surface area contributed by atoms with Gasteiger partial charge >= 0.3 is 0 Å². The highest BCUT2D eigenvalue weighted by atomic mass is 32.2. The molecule has 0 aromatic rings. The number of nitrogens with two attached hydrogens (primary N) is 1. The van der Waals surface area contributed by atoms with E-state index in [-0.39, 0.29) is 0 Å². The number of thioether (sulfide) groups is 2. The van der Waals surface area contributed by atoms with Crippen LogP contribution in [0, 0.1) is 0 Å². The molecule has 1 rings (SSSR count). The van der Waals surface area contributed by atoms with Crippen LogP contribution in [0.3, 0.4) is 0 Å². The van der Waals surface area contributed by atoms with Crippen LogP contribution in [0.25, 0.3) is 0 Å². The van der Waals surface area contributed by atoms with E-state index in [1.807, 2.05) is 0 Å². The third kappa shape index (κ3) is 6.94. The molecule has 102 valence electrons. The summed E-state index contributed by atoms with van der Waals surface area (Å²) in [6.45, 7) is 2.27. The van der Waals surface area contributed by atoms with Crippen LogP contribution in [0.1, 0.15) is 51.9 Å². The van der Waals surface area contributed by atoms with Gasteiger partial charge < -0.3 is 0 Å². The van der Waals surface area contributed by atoms with E-state index in [2.05, 4.69) is 35.9 Å². The minimum absolute atomic E-state index is 0.527. The van der Waals surface area contributed by atoms with Gasteiger partial charge in [0.1, 0.15) is 0 Å². The second-order valence-corrected chi connectivity index (χ2v) is 7.31. The van der Waals surface area contributed by atoms with Gasteiger partial charge in [0, 0.05) is 28.6 Å². The van der Waals surface area contributed by atoms with Crippen molar-refractivity contribution in [1.29, 1.82) is 0 Å². The monoisotopic (exact) mass is 276 g/mol. The molecule has 17 heavy (non-hydrogen) atoms. The molecule has 3 N–H and O–H groups in total. The van der Waals surface area contributed by atoms with E-state index in [1.54, 1.807) is 0 Å². The highest BCUT2D eigenvalue weighted by Crippen LogP contribution is 2.28. The first-order valence-electron chi connectivity index (χ1n) is 7.04. The first-order chi connectivity index (χ1) is 8.38. The summed E-state index contributed by atoms with van der Waals surface area (Å²) in [6, 6.07) is 0.527. The highest BCUT2D eigenvalue weighted by molar-refractivity contribution is 8.06. The molecule has 4 heteroatoms. The summed E-state index contributed by atoms with van der Waals surface area (Å²) in [7, 11) is 0. The maximum absolute atomic E-state index is 5.69. The molecule has 0 amide bonds. The van der Waals surface area contributed by atoms with Crippen molar-refractivity contribution in [1.82, 2.24) is 5.43 Å². The van der Waals surface area contributed by atoms with Crippen LogP contribution in [0.5, 0.6) is 0 Å². The summed E-state index contributed by atoms with van der Waals surface area (Å²) >= 11 is 4.19. The number of unbranched alkanes of at least 4 members (excludes halogenated alkanes) is 5. The van der Waals surface area contributed by atoms with E-state index >= 15 is 0 Å². The SMILES string of the molecule is CCCCCCCCC(NN)C1CSCCS1. The fourth-order valence-electron chi connectivity index (χ4n) is 2.26. The number of rotatable bonds is 9. The molecule has 0 bridgehead atoms. The quantitative estimate of drug-likeness (QED) is 0.384. The molecule has 2 nitrogen and oxygen atoms in total. The van der Waals surface area contributed by atoms with Crippen LogP contribution in [0.4, 0.5) is 0 Å². The van der Waals surface area contributed by atoms with Crippen molar-refractivity contribution in [2.24, 2.45) is 5.84 Å². The summed E-state index contributed by atoms with van der Waals surface area (Å²) in [4.78, 5) is 0. The van der Waals surface area contributed by atoms with E-state index < -0.39 is 0 Å². The smallest absolute Gasteiger partial charge is 0.0337 e. The number of nitrogens with one attached hydrogen (secondary N) is 1. The standard InChI is InChI=1S/C13H28N2S2/c1-2-3-4-5-6-7-8-12(15-14)13-11-16-9-10-17-13/h12-13,15H,2-11,14H2,1H3. The largest absolute Gasteiger partial charge is 0.271 e. The van der Waals surface area contributed by atoms with E-state index in [4.69, 9.17) is 5.84 Å². The lowest BCUT2D eigenvalue weighted by atomic mass is 10.0. The van der Waals surface area contributed by atoms with Crippen LogP contribution in [-0.4, -0.2) is 28.6 Å². The van der Waals surface area contributed by atoms with Gasteiger partial charge in [-0.1, -0.05) is 45.4 Å². The Kier molecular flexibility index (Phi) is 9.71. The molecule has 2 atom stereocenters. The average Bonchev–Trinajstić information content (AvgIpc) is 2.39. The van der Waals surface area contributed by atoms with E-state index in [9.17, 15) is 0 Å². The Morgan fingerprint density at radius 1 is 1.18 bits per heavy atom. The van der Waals surface area contributed by atoms with Gasteiger partial charge in [-0.15, -0.1) is 0 Å². The molecule has 1 heterocycles. The first-order valence-corrected chi connectivity index (χ1v) is 9.24. The molecule has 0 saturated carbocycles. The van der Waals surface area contributed by atoms with Gasteiger partial charge in [-0.3, -0.25) is 11.3 Å². The summed E-state index contributed by atoms with van der Waals surface area (Å²) in [5, 5.41) is 0.731. The molecule has 1 aliphatic heterocycles. The minimum Gasteiger partial charge on any atom is -0.271 e. The Labute approximate surface area is 115 Å². The fourth-order valence-corrected chi connectivity index (χ4v) is 5.17. The molecule has 2 unspecified atom stereocenters.